The summed E-state index contributed by atoms with van der Waals surface area (Å²) in [4.78, 5) is 10.3. The summed E-state index contributed by atoms with van der Waals surface area (Å²) in [5, 5.41) is 16.9. The van der Waals surface area contributed by atoms with E-state index in [0.29, 0.717) is 7.48 Å². The van der Waals surface area contributed by atoms with Crippen molar-refractivity contribution in [3.8, 4) is 0 Å². The smallest absolute Gasteiger partial charge is 0.338 e. The largest absolute Gasteiger partial charge is 0.478 e. The summed E-state index contributed by atoms with van der Waals surface area (Å²) in [6.45, 7) is 0. The third-order valence-electron chi connectivity index (χ3n) is 1.37. The highest BCUT2D eigenvalue weighted by atomic mass is 19.1. The van der Waals surface area contributed by atoms with E-state index >= 15 is 0 Å². The molecule has 0 heterocycles. The van der Waals surface area contributed by atoms with Crippen molar-refractivity contribution in [3.63, 3.8) is 0 Å². The number of carbonyl (C=O) groups is 1. The molecule has 0 bridgehead atoms. The fourth-order valence-electron chi connectivity index (χ4n) is 0.785. The second-order valence-corrected chi connectivity index (χ2v) is 2.17. The maximum Gasteiger partial charge on any atom is 0.338 e. The summed E-state index contributed by atoms with van der Waals surface area (Å²) >= 11 is 0. The van der Waals surface area contributed by atoms with Gasteiger partial charge in [-0.15, -0.1) is 0 Å². The highest BCUT2D eigenvalue weighted by molar-refractivity contribution is 6.45. The van der Waals surface area contributed by atoms with Gasteiger partial charge in [-0.3, -0.25) is 0 Å². The van der Waals surface area contributed by atoms with Crippen molar-refractivity contribution in [2.75, 3.05) is 0 Å². The fraction of sp³-hybridized carbons (Fsp3) is 0. The molecule has 0 aliphatic carbocycles. The van der Waals surface area contributed by atoms with E-state index in [-0.39, 0.29) is 5.46 Å². The molecule has 1 aromatic rings. The Hall–Kier alpha value is -1.36. The van der Waals surface area contributed by atoms with Crippen LogP contribution < -0.4 is 5.46 Å². The van der Waals surface area contributed by atoms with Gasteiger partial charge in [0.15, 0.2) is 0 Å². The summed E-state index contributed by atoms with van der Waals surface area (Å²) in [6, 6.07) is 3.36. The van der Waals surface area contributed by atoms with Crippen molar-refractivity contribution < 1.29 is 19.3 Å². The van der Waals surface area contributed by atoms with Crippen molar-refractivity contribution in [3.05, 3.63) is 29.6 Å². The third-order valence-corrected chi connectivity index (χ3v) is 1.37. The van der Waals surface area contributed by atoms with E-state index in [9.17, 15) is 9.18 Å². The zero-order valence-electron chi connectivity index (χ0n) is 5.99. The Kier molecular flexibility index (Phi) is 2.45. The van der Waals surface area contributed by atoms with Crippen LogP contribution in [0.1, 0.15) is 10.4 Å². The lowest BCUT2D eigenvalue weighted by Gasteiger charge is -1.98. The topological polar surface area (TPSA) is 57.5 Å². The highest BCUT2D eigenvalue weighted by Gasteiger charge is 2.09. The SMILES string of the molecule is O=C(O)c1ccc([B]O)cc1F. The second-order valence-electron chi connectivity index (χ2n) is 2.17. The van der Waals surface area contributed by atoms with Crippen LogP contribution in [-0.4, -0.2) is 23.6 Å². The summed E-state index contributed by atoms with van der Waals surface area (Å²) < 4.78 is 12.8. The molecular weight excluding hydrogens is 162 g/mol. The molecule has 0 saturated heterocycles. The molecule has 0 spiro atoms. The van der Waals surface area contributed by atoms with Crippen molar-refractivity contribution in [1.29, 1.82) is 0 Å². The Labute approximate surface area is 68.7 Å². The number of aromatic carboxylic acids is 1. The molecule has 0 atom stereocenters. The van der Waals surface area contributed by atoms with Gasteiger partial charge in [0.25, 0.3) is 0 Å². The predicted octanol–water partition coefficient (Wildman–Crippen LogP) is -0.239. The third kappa shape index (κ3) is 1.62. The van der Waals surface area contributed by atoms with Crippen molar-refractivity contribution in [2.45, 2.75) is 0 Å². The van der Waals surface area contributed by atoms with E-state index in [1.807, 2.05) is 0 Å². The first kappa shape index (κ1) is 8.74. The van der Waals surface area contributed by atoms with Crippen LogP contribution in [-0.2, 0) is 0 Å². The predicted molar refractivity (Wildman–Crippen MR) is 41.0 cm³/mol. The maximum atomic E-state index is 12.8. The Morgan fingerprint density at radius 1 is 1.50 bits per heavy atom. The van der Waals surface area contributed by atoms with E-state index in [4.69, 9.17) is 10.1 Å². The standard InChI is InChI=1S/C7H5BFO3/c9-6-3-4(8-12)1-2-5(6)7(10)11/h1-3,12H,(H,10,11). The van der Waals surface area contributed by atoms with Crippen LogP contribution in [0.15, 0.2) is 18.2 Å². The normalized spacial score (nSPS) is 9.50. The summed E-state index contributed by atoms with van der Waals surface area (Å²) in [5.41, 5.74) is -0.168. The lowest BCUT2D eigenvalue weighted by molar-refractivity contribution is 0.0692. The highest BCUT2D eigenvalue weighted by Crippen LogP contribution is 2.03. The van der Waals surface area contributed by atoms with Gasteiger partial charge >= 0.3 is 13.5 Å². The number of halogens is 1. The van der Waals surface area contributed by atoms with Crippen molar-refractivity contribution in [2.24, 2.45) is 0 Å². The van der Waals surface area contributed by atoms with Crippen LogP contribution >= 0.6 is 0 Å². The molecule has 0 amide bonds. The van der Waals surface area contributed by atoms with E-state index < -0.39 is 17.3 Å². The Morgan fingerprint density at radius 3 is 2.58 bits per heavy atom. The average molecular weight is 167 g/mol. The number of hydrogen-bond donors (Lipinski definition) is 2. The Bertz CT molecular complexity index is 314. The molecule has 0 unspecified atom stereocenters. The van der Waals surface area contributed by atoms with Crippen LogP contribution in [0.2, 0.25) is 0 Å². The van der Waals surface area contributed by atoms with Gasteiger partial charge in [-0.05, 0) is 12.1 Å². The molecule has 0 aromatic heterocycles. The number of rotatable bonds is 2. The molecule has 0 saturated carbocycles. The fourth-order valence-corrected chi connectivity index (χ4v) is 0.785. The Balaban J connectivity index is 3.12. The van der Waals surface area contributed by atoms with E-state index in [1.54, 1.807) is 0 Å². The van der Waals surface area contributed by atoms with Gasteiger partial charge in [0.2, 0.25) is 0 Å². The minimum atomic E-state index is -1.32. The molecular formula is C7H5BFO3. The molecule has 1 radical (unpaired) electrons. The van der Waals surface area contributed by atoms with E-state index in [2.05, 4.69) is 0 Å². The average Bonchev–Trinajstić information content (AvgIpc) is 2.03. The van der Waals surface area contributed by atoms with Crippen LogP contribution in [0.5, 0.6) is 0 Å². The zero-order chi connectivity index (χ0) is 9.14. The molecule has 2 N–H and O–H groups in total. The number of benzene rings is 1. The van der Waals surface area contributed by atoms with Crippen molar-refractivity contribution >= 4 is 18.9 Å². The molecule has 12 heavy (non-hydrogen) atoms. The molecule has 61 valence electrons. The summed E-state index contributed by atoms with van der Waals surface area (Å²) in [7, 11) is 0.703. The first-order chi connectivity index (χ1) is 5.65. The van der Waals surface area contributed by atoms with Crippen LogP contribution in [0.25, 0.3) is 0 Å². The van der Waals surface area contributed by atoms with Crippen LogP contribution in [0, 0.1) is 5.82 Å². The molecule has 0 aliphatic rings. The van der Waals surface area contributed by atoms with Gasteiger partial charge in [0.05, 0.1) is 5.56 Å². The minimum Gasteiger partial charge on any atom is -0.478 e. The van der Waals surface area contributed by atoms with Gasteiger partial charge in [0.1, 0.15) is 5.82 Å². The van der Waals surface area contributed by atoms with Gasteiger partial charge in [-0.1, -0.05) is 11.5 Å². The van der Waals surface area contributed by atoms with Gasteiger partial charge in [-0.2, -0.15) is 0 Å². The lowest BCUT2D eigenvalue weighted by atomic mass is 9.88. The molecule has 0 aliphatic heterocycles. The summed E-state index contributed by atoms with van der Waals surface area (Å²) in [5.74, 6) is -2.18. The minimum absolute atomic E-state index is 0.234. The number of carboxylic acid groups (broad SMARTS) is 1. The molecule has 5 heteroatoms. The number of hydrogen-bond acceptors (Lipinski definition) is 2. The molecule has 1 rings (SSSR count). The number of carboxylic acids is 1. The summed E-state index contributed by atoms with van der Waals surface area (Å²) in [6.07, 6.45) is 0. The molecule has 3 nitrogen and oxygen atoms in total. The first-order valence-electron chi connectivity index (χ1n) is 3.15. The lowest BCUT2D eigenvalue weighted by Crippen LogP contribution is -2.15. The van der Waals surface area contributed by atoms with Gasteiger partial charge in [0, 0.05) is 0 Å². The quantitative estimate of drug-likeness (QED) is 0.597. The van der Waals surface area contributed by atoms with Gasteiger partial charge < -0.3 is 10.1 Å². The molecule has 0 fully saturated rings. The van der Waals surface area contributed by atoms with Crippen LogP contribution in [0.3, 0.4) is 0 Å². The van der Waals surface area contributed by atoms with Crippen molar-refractivity contribution in [1.82, 2.24) is 0 Å². The second kappa shape index (κ2) is 3.36. The van der Waals surface area contributed by atoms with E-state index in [1.165, 1.54) is 6.07 Å². The zero-order valence-corrected chi connectivity index (χ0v) is 5.99. The Morgan fingerprint density at radius 2 is 2.17 bits per heavy atom. The van der Waals surface area contributed by atoms with Gasteiger partial charge in [-0.25, -0.2) is 9.18 Å². The monoisotopic (exact) mass is 167 g/mol. The van der Waals surface area contributed by atoms with E-state index in [0.717, 1.165) is 12.1 Å². The molecule has 1 aromatic carbocycles. The van der Waals surface area contributed by atoms with Crippen LogP contribution in [0.4, 0.5) is 4.39 Å². The first-order valence-corrected chi connectivity index (χ1v) is 3.15. The maximum absolute atomic E-state index is 12.8.